The maximum atomic E-state index is 7.30. The first-order chi connectivity index (χ1) is 16.3. The molecule has 2 aromatic heterocycles. The van der Waals surface area contributed by atoms with Gasteiger partial charge in [-0.15, -0.1) is 0 Å². The minimum Gasteiger partial charge on any atom is -0.454 e. The van der Waals surface area contributed by atoms with Crippen molar-refractivity contribution in [2.45, 2.75) is 19.4 Å². The summed E-state index contributed by atoms with van der Waals surface area (Å²) in [6.07, 6.45) is 6.59. The van der Waals surface area contributed by atoms with Crippen molar-refractivity contribution >= 4 is 16.6 Å². The molecule has 0 aliphatic carbocycles. The van der Waals surface area contributed by atoms with Crippen LogP contribution in [0.3, 0.4) is 0 Å². The molecule has 0 spiro atoms. The van der Waals surface area contributed by atoms with E-state index in [1.807, 2.05) is 48.7 Å². The molecule has 164 valence electrons. The van der Waals surface area contributed by atoms with E-state index in [4.69, 9.17) is 21.0 Å². The van der Waals surface area contributed by atoms with Crippen LogP contribution in [0.15, 0.2) is 60.9 Å². The van der Waals surface area contributed by atoms with Crippen LogP contribution in [0, 0.1) is 12.5 Å². The number of fused-ring (bicyclic) bond motifs is 2. The van der Waals surface area contributed by atoms with Crippen molar-refractivity contribution in [1.82, 2.24) is 14.9 Å². The van der Waals surface area contributed by atoms with Gasteiger partial charge in [-0.2, -0.15) is 0 Å². The zero-order chi connectivity index (χ0) is 22.2. The number of pyridine rings is 1. The number of ether oxygens (including phenoxy) is 2. The van der Waals surface area contributed by atoms with Gasteiger partial charge in [0.25, 0.3) is 0 Å². The summed E-state index contributed by atoms with van der Waals surface area (Å²) in [6.45, 7) is 10.7. The molecule has 4 aromatic rings. The zero-order valence-electron chi connectivity index (χ0n) is 18.3. The normalized spacial score (nSPS) is 15.6. The lowest BCUT2D eigenvalue weighted by molar-refractivity contribution is 0.174. The molecule has 33 heavy (non-hydrogen) atoms. The number of nitrogens with one attached hydrogen (secondary N) is 1. The molecule has 1 fully saturated rings. The van der Waals surface area contributed by atoms with Crippen LogP contribution in [-0.4, -0.2) is 29.4 Å². The molecule has 0 saturated carbocycles. The molecule has 6 heteroatoms. The Bertz CT molecular complexity index is 1360. The number of hydrogen-bond acceptors (Lipinski definition) is 4. The van der Waals surface area contributed by atoms with Crippen LogP contribution in [0.25, 0.3) is 38.1 Å². The van der Waals surface area contributed by atoms with E-state index in [0.29, 0.717) is 11.6 Å². The van der Waals surface area contributed by atoms with Crippen molar-refractivity contribution in [3.63, 3.8) is 0 Å². The molecule has 0 atom stereocenters. The fourth-order valence-electron chi connectivity index (χ4n) is 4.92. The molecule has 0 radical (unpaired) electrons. The van der Waals surface area contributed by atoms with Gasteiger partial charge >= 0.3 is 0 Å². The third-order valence-electron chi connectivity index (χ3n) is 6.67. The molecule has 1 N–H and O–H groups in total. The van der Waals surface area contributed by atoms with Crippen molar-refractivity contribution in [2.75, 3.05) is 19.9 Å². The van der Waals surface area contributed by atoms with Crippen LogP contribution >= 0.6 is 0 Å². The fraction of sp³-hybridized carbons (Fsp3) is 0.259. The molecule has 0 bridgehead atoms. The van der Waals surface area contributed by atoms with Gasteiger partial charge in [0.2, 0.25) is 6.79 Å². The van der Waals surface area contributed by atoms with E-state index < -0.39 is 0 Å². The maximum Gasteiger partial charge on any atom is 0.231 e. The third-order valence-corrected chi connectivity index (χ3v) is 6.67. The van der Waals surface area contributed by atoms with Crippen molar-refractivity contribution in [3.05, 3.63) is 72.3 Å². The lowest BCUT2D eigenvalue weighted by Crippen LogP contribution is -2.29. The lowest BCUT2D eigenvalue weighted by atomic mass is 9.95. The van der Waals surface area contributed by atoms with E-state index in [1.165, 1.54) is 18.2 Å². The molecule has 6 rings (SSSR count). The second-order valence-corrected chi connectivity index (χ2v) is 8.67. The zero-order valence-corrected chi connectivity index (χ0v) is 18.3. The van der Waals surface area contributed by atoms with Crippen LogP contribution in [-0.2, 0) is 6.54 Å². The Kier molecular flexibility index (Phi) is 4.97. The van der Waals surface area contributed by atoms with Gasteiger partial charge in [0.05, 0.1) is 24.0 Å². The largest absolute Gasteiger partial charge is 0.454 e. The van der Waals surface area contributed by atoms with Gasteiger partial charge in [-0.3, -0.25) is 4.98 Å². The first kappa shape index (κ1) is 19.8. The Labute approximate surface area is 192 Å². The minimum atomic E-state index is 0.246. The number of nitrogens with zero attached hydrogens (tertiary/aromatic N) is 3. The summed E-state index contributed by atoms with van der Waals surface area (Å²) in [6, 6.07) is 16.0. The van der Waals surface area contributed by atoms with Crippen molar-refractivity contribution in [1.29, 1.82) is 0 Å². The van der Waals surface area contributed by atoms with E-state index in [2.05, 4.69) is 27.0 Å². The minimum absolute atomic E-state index is 0.246. The average Bonchev–Trinajstić information content (AvgIpc) is 3.51. The predicted molar refractivity (Wildman–Crippen MR) is 129 cm³/mol. The summed E-state index contributed by atoms with van der Waals surface area (Å²) in [7, 11) is 0. The molecular weight excluding hydrogens is 412 g/mol. The lowest BCUT2D eigenvalue weighted by Gasteiger charge is -2.23. The van der Waals surface area contributed by atoms with Crippen LogP contribution in [0.1, 0.15) is 12.8 Å². The van der Waals surface area contributed by atoms with Crippen LogP contribution in [0.5, 0.6) is 11.5 Å². The molecule has 2 aromatic carbocycles. The molecule has 0 amide bonds. The Balaban J connectivity index is 1.50. The highest BCUT2D eigenvalue weighted by molar-refractivity contribution is 6.02. The molecule has 0 unspecified atom stereocenters. The number of piperidine rings is 1. The van der Waals surface area contributed by atoms with Gasteiger partial charge in [0.1, 0.15) is 0 Å². The highest BCUT2D eigenvalue weighted by atomic mass is 16.7. The van der Waals surface area contributed by atoms with Gasteiger partial charge in [-0.05, 0) is 61.7 Å². The van der Waals surface area contributed by atoms with Gasteiger partial charge in [-0.25, -0.2) is 4.85 Å². The van der Waals surface area contributed by atoms with Gasteiger partial charge in [0, 0.05) is 29.3 Å². The van der Waals surface area contributed by atoms with Crippen molar-refractivity contribution < 1.29 is 9.47 Å². The average molecular weight is 437 g/mol. The highest BCUT2D eigenvalue weighted by Crippen LogP contribution is 2.41. The third kappa shape index (κ3) is 3.61. The van der Waals surface area contributed by atoms with Crippen molar-refractivity contribution in [2.24, 2.45) is 5.92 Å². The maximum absolute atomic E-state index is 7.30. The molecule has 2 aliphatic heterocycles. The van der Waals surface area contributed by atoms with Crippen LogP contribution in [0.2, 0.25) is 0 Å². The Morgan fingerprint density at radius 3 is 2.61 bits per heavy atom. The summed E-state index contributed by atoms with van der Waals surface area (Å²) in [5.41, 5.74) is 5.78. The Hall–Kier alpha value is -3.82. The number of rotatable bonds is 4. The number of benzene rings is 2. The SMILES string of the molecule is [C-]#[N+]c1ccc(-c2c(-c3ccc4c(c3)OCO4)ncc3c2ccn3CC2CCNCC2)cc1. The van der Waals surface area contributed by atoms with Crippen LogP contribution < -0.4 is 14.8 Å². The number of hydrogen-bond donors (Lipinski definition) is 1. The second-order valence-electron chi connectivity index (χ2n) is 8.67. The molecule has 1 saturated heterocycles. The van der Waals surface area contributed by atoms with Gasteiger partial charge in [-0.1, -0.05) is 24.3 Å². The Morgan fingerprint density at radius 1 is 1.00 bits per heavy atom. The first-order valence-corrected chi connectivity index (χ1v) is 11.4. The summed E-state index contributed by atoms with van der Waals surface area (Å²) in [5, 5.41) is 4.62. The predicted octanol–water partition coefficient (Wildman–Crippen LogP) is 5.65. The monoisotopic (exact) mass is 436 g/mol. The smallest absolute Gasteiger partial charge is 0.231 e. The second kappa shape index (κ2) is 8.27. The number of aromatic nitrogens is 2. The van der Waals surface area contributed by atoms with E-state index in [9.17, 15) is 0 Å². The first-order valence-electron chi connectivity index (χ1n) is 11.4. The highest BCUT2D eigenvalue weighted by Gasteiger charge is 2.21. The molecule has 4 heterocycles. The quantitative estimate of drug-likeness (QED) is 0.420. The molecule has 2 aliphatic rings. The van der Waals surface area contributed by atoms with Crippen LogP contribution in [0.4, 0.5) is 5.69 Å². The topological polar surface area (TPSA) is 52.7 Å². The van der Waals surface area contributed by atoms with E-state index in [0.717, 1.165) is 59.0 Å². The summed E-state index contributed by atoms with van der Waals surface area (Å²) in [4.78, 5) is 8.51. The van der Waals surface area contributed by atoms with Crippen molar-refractivity contribution in [3.8, 4) is 33.9 Å². The summed E-state index contributed by atoms with van der Waals surface area (Å²) >= 11 is 0. The summed E-state index contributed by atoms with van der Waals surface area (Å²) in [5.74, 6) is 2.18. The van der Waals surface area contributed by atoms with Gasteiger partial charge < -0.3 is 19.4 Å². The molecular formula is C27H24N4O2. The van der Waals surface area contributed by atoms with E-state index >= 15 is 0 Å². The molecule has 6 nitrogen and oxygen atoms in total. The Morgan fingerprint density at radius 2 is 1.79 bits per heavy atom. The van der Waals surface area contributed by atoms with Gasteiger partial charge in [0.15, 0.2) is 17.2 Å². The van der Waals surface area contributed by atoms with E-state index in [1.54, 1.807) is 0 Å². The van der Waals surface area contributed by atoms with E-state index in [-0.39, 0.29) is 6.79 Å². The summed E-state index contributed by atoms with van der Waals surface area (Å²) < 4.78 is 13.5. The standard InChI is InChI=1S/C27H24N4O2/c1-28-21-5-2-19(3-6-21)26-22-10-13-31(16-18-8-11-29-12-9-18)23(22)15-30-27(26)20-4-7-24-25(14-20)33-17-32-24/h2-7,10,13-15,18,29H,8-9,11-12,16-17H2. The fourth-order valence-corrected chi connectivity index (χ4v) is 4.92.